The number of carbonyl (C=O) groups excluding carboxylic acids is 1. The van der Waals surface area contributed by atoms with E-state index in [4.69, 9.17) is 5.73 Å². The lowest BCUT2D eigenvalue weighted by atomic mass is 10.1. The van der Waals surface area contributed by atoms with Gasteiger partial charge in [-0.25, -0.2) is 9.97 Å². The number of piperidine rings is 1. The lowest BCUT2D eigenvalue weighted by molar-refractivity contribution is 0.102. The van der Waals surface area contributed by atoms with Crippen LogP contribution in [0.3, 0.4) is 0 Å². The van der Waals surface area contributed by atoms with Crippen molar-refractivity contribution in [1.29, 1.82) is 0 Å². The van der Waals surface area contributed by atoms with Gasteiger partial charge in [-0.15, -0.1) is 12.4 Å². The average Bonchev–Trinajstić information content (AvgIpc) is 2.97. The van der Waals surface area contributed by atoms with Crippen LogP contribution < -0.4 is 16.0 Å². The van der Waals surface area contributed by atoms with E-state index < -0.39 is 0 Å². The number of hydrogen-bond donors (Lipinski definition) is 2. The summed E-state index contributed by atoms with van der Waals surface area (Å²) in [7, 11) is 0. The maximum absolute atomic E-state index is 12.3. The smallest absolute Gasteiger partial charge is 0.257 e. The maximum Gasteiger partial charge on any atom is 0.257 e. The van der Waals surface area contributed by atoms with Crippen molar-refractivity contribution >= 4 is 35.6 Å². The number of benzene rings is 1. The fourth-order valence-electron chi connectivity index (χ4n) is 3.59. The number of nitrogens with two attached hydrogens (primary N) is 1. The van der Waals surface area contributed by atoms with E-state index in [1.165, 1.54) is 0 Å². The number of nitrogens with one attached hydrogen (secondary N) is 1. The Kier molecular flexibility index (Phi) is 5.58. The number of anilines is 3. The second kappa shape index (κ2) is 7.88. The fourth-order valence-corrected chi connectivity index (χ4v) is 3.59. The van der Waals surface area contributed by atoms with Crippen molar-refractivity contribution in [2.24, 2.45) is 0 Å². The molecule has 7 nitrogen and oxygen atoms in total. The first-order valence-electron chi connectivity index (χ1n) is 8.67. The third kappa shape index (κ3) is 3.73. The molecule has 1 aromatic carbocycles. The quantitative estimate of drug-likeness (QED) is 0.799. The molecule has 1 aromatic heterocycles. The minimum atomic E-state index is -0.254. The summed E-state index contributed by atoms with van der Waals surface area (Å²) in [4.78, 5) is 26.1. The number of carbonyl (C=O) groups is 1. The Morgan fingerprint density at radius 3 is 2.46 bits per heavy atom. The topological polar surface area (TPSA) is 87.4 Å². The van der Waals surface area contributed by atoms with E-state index in [0.717, 1.165) is 45.0 Å². The molecule has 2 bridgehead atoms. The molecule has 4 heterocycles. The van der Waals surface area contributed by atoms with Crippen LogP contribution in [0.4, 0.5) is 17.3 Å². The van der Waals surface area contributed by atoms with Crippen molar-refractivity contribution in [1.82, 2.24) is 14.9 Å². The van der Waals surface area contributed by atoms with Crippen LogP contribution in [0.1, 0.15) is 23.2 Å². The molecule has 0 unspecified atom stereocenters. The molecule has 138 valence electrons. The Morgan fingerprint density at radius 1 is 1.08 bits per heavy atom. The summed E-state index contributed by atoms with van der Waals surface area (Å²) in [6.07, 6.45) is 5.65. The predicted octanol–water partition coefficient (Wildman–Crippen LogP) is 2.02. The molecular weight excluding hydrogens is 352 g/mol. The highest BCUT2D eigenvalue weighted by Crippen LogP contribution is 2.24. The van der Waals surface area contributed by atoms with E-state index in [2.05, 4.69) is 25.1 Å². The second-order valence-corrected chi connectivity index (χ2v) is 6.58. The molecule has 0 radical (unpaired) electrons. The fraction of sp³-hybridized carbons (Fsp3) is 0.389. The van der Waals surface area contributed by atoms with Crippen molar-refractivity contribution < 1.29 is 4.79 Å². The molecule has 3 saturated heterocycles. The molecule has 0 spiro atoms. The highest BCUT2D eigenvalue weighted by atomic mass is 35.5. The van der Waals surface area contributed by atoms with Crippen LogP contribution in [-0.4, -0.2) is 53.0 Å². The van der Waals surface area contributed by atoms with Gasteiger partial charge in [-0.1, -0.05) is 12.1 Å². The van der Waals surface area contributed by atoms with E-state index in [9.17, 15) is 4.79 Å². The van der Waals surface area contributed by atoms with Gasteiger partial charge in [-0.3, -0.25) is 4.79 Å². The van der Waals surface area contributed by atoms with Crippen molar-refractivity contribution in [2.45, 2.75) is 18.9 Å². The molecule has 0 atom stereocenters. The normalized spacial score (nSPS) is 21.6. The van der Waals surface area contributed by atoms with Gasteiger partial charge >= 0.3 is 0 Å². The van der Waals surface area contributed by atoms with Crippen LogP contribution >= 0.6 is 12.4 Å². The third-order valence-electron chi connectivity index (χ3n) is 5.01. The summed E-state index contributed by atoms with van der Waals surface area (Å²) in [5.41, 5.74) is 7.31. The van der Waals surface area contributed by atoms with Crippen LogP contribution in [0.25, 0.3) is 0 Å². The Hall–Kier alpha value is -2.38. The Labute approximate surface area is 159 Å². The molecule has 3 fully saturated rings. The van der Waals surface area contributed by atoms with Gasteiger partial charge in [0.05, 0.1) is 23.6 Å². The number of fused-ring (bicyclic) bond motifs is 4. The molecule has 0 aliphatic carbocycles. The molecule has 26 heavy (non-hydrogen) atoms. The molecule has 0 saturated carbocycles. The first-order valence-corrected chi connectivity index (χ1v) is 8.67. The van der Waals surface area contributed by atoms with Gasteiger partial charge < -0.3 is 20.9 Å². The zero-order valence-electron chi connectivity index (χ0n) is 14.5. The summed E-state index contributed by atoms with van der Waals surface area (Å²) in [6, 6.07) is 7.51. The number of para-hydroxylation sites is 1. The molecule has 8 heteroatoms. The summed E-state index contributed by atoms with van der Waals surface area (Å²) in [5, 5.41) is 2.80. The van der Waals surface area contributed by atoms with Gasteiger partial charge in [0, 0.05) is 37.9 Å². The zero-order chi connectivity index (χ0) is 17.2. The molecular formula is C18H23ClN6O. The minimum Gasteiger partial charge on any atom is -0.398 e. The van der Waals surface area contributed by atoms with Crippen LogP contribution in [0.5, 0.6) is 0 Å². The number of nitrogens with zero attached hydrogens (tertiary/aromatic N) is 4. The zero-order valence-corrected chi connectivity index (χ0v) is 15.3. The third-order valence-corrected chi connectivity index (χ3v) is 5.01. The van der Waals surface area contributed by atoms with Crippen molar-refractivity contribution in [2.75, 3.05) is 42.1 Å². The minimum absolute atomic E-state index is 0. The van der Waals surface area contributed by atoms with Gasteiger partial charge in [-0.2, -0.15) is 0 Å². The van der Waals surface area contributed by atoms with Crippen molar-refractivity contribution in [3.63, 3.8) is 0 Å². The molecule has 1 amide bonds. The number of nitrogen functional groups attached to an aromatic ring is 1. The number of hydrogen-bond acceptors (Lipinski definition) is 6. The standard InChI is InChI=1S/C18H22N6O.ClH/c19-16-4-2-1-3-15(16)17(25)22-13-11-20-18(21-12-13)24-10-9-23-7-5-14(24)6-8-23;/h1-4,11-12,14H,5-10,19H2,(H,22,25);1H. The Bertz CT molecular complexity index is 761. The average molecular weight is 375 g/mol. The van der Waals surface area contributed by atoms with Crippen LogP contribution in [0, 0.1) is 0 Å². The summed E-state index contributed by atoms with van der Waals surface area (Å²) in [5.74, 6) is 0.488. The highest BCUT2D eigenvalue weighted by Gasteiger charge is 2.30. The van der Waals surface area contributed by atoms with E-state index in [1.807, 2.05) is 0 Å². The maximum atomic E-state index is 12.3. The van der Waals surface area contributed by atoms with Crippen LogP contribution in [-0.2, 0) is 0 Å². The van der Waals surface area contributed by atoms with Gasteiger partial charge in [0.1, 0.15) is 0 Å². The van der Waals surface area contributed by atoms with Crippen LogP contribution in [0.2, 0.25) is 0 Å². The first-order chi connectivity index (χ1) is 12.2. The van der Waals surface area contributed by atoms with Gasteiger partial charge in [0.2, 0.25) is 5.95 Å². The number of halogens is 1. The van der Waals surface area contributed by atoms with Gasteiger partial charge in [-0.05, 0) is 25.0 Å². The van der Waals surface area contributed by atoms with Crippen molar-refractivity contribution in [3.05, 3.63) is 42.2 Å². The SMILES string of the molecule is Cl.Nc1ccccc1C(=O)Nc1cnc(N2CCN3CCC2CC3)nc1. The second-order valence-electron chi connectivity index (χ2n) is 6.58. The lowest BCUT2D eigenvalue weighted by Gasteiger charge is -2.31. The van der Waals surface area contributed by atoms with E-state index in [0.29, 0.717) is 23.0 Å². The van der Waals surface area contributed by atoms with Gasteiger partial charge in [0.25, 0.3) is 5.91 Å². The van der Waals surface area contributed by atoms with Gasteiger partial charge in [0.15, 0.2) is 0 Å². The number of aromatic nitrogens is 2. The predicted molar refractivity (Wildman–Crippen MR) is 105 cm³/mol. The van der Waals surface area contributed by atoms with E-state index in [-0.39, 0.29) is 18.3 Å². The summed E-state index contributed by atoms with van der Waals surface area (Å²) in [6.45, 7) is 4.34. The number of amides is 1. The number of rotatable bonds is 3. The van der Waals surface area contributed by atoms with Crippen LogP contribution in [0.15, 0.2) is 36.7 Å². The molecule has 3 aliphatic rings. The first kappa shape index (κ1) is 18.4. The van der Waals surface area contributed by atoms with E-state index in [1.54, 1.807) is 36.7 Å². The molecule has 3 aliphatic heterocycles. The monoisotopic (exact) mass is 374 g/mol. The highest BCUT2D eigenvalue weighted by molar-refractivity contribution is 6.07. The Balaban J connectivity index is 0.00000196. The summed E-state index contributed by atoms with van der Waals surface area (Å²) < 4.78 is 0. The molecule has 3 N–H and O–H groups in total. The largest absolute Gasteiger partial charge is 0.398 e. The summed E-state index contributed by atoms with van der Waals surface area (Å²) >= 11 is 0. The lowest BCUT2D eigenvalue weighted by Crippen LogP contribution is -2.38. The molecule has 2 aromatic rings. The Morgan fingerprint density at radius 2 is 1.77 bits per heavy atom. The van der Waals surface area contributed by atoms with E-state index >= 15 is 0 Å². The molecule has 5 rings (SSSR count). The van der Waals surface area contributed by atoms with Crippen molar-refractivity contribution in [3.8, 4) is 0 Å².